The summed E-state index contributed by atoms with van der Waals surface area (Å²) in [6.07, 6.45) is 8.80. The average molecular weight is 363 g/mol. The lowest BCUT2D eigenvalue weighted by atomic mass is 9.82. The summed E-state index contributed by atoms with van der Waals surface area (Å²) < 4.78 is 5.36. The minimum atomic E-state index is 0.166. The minimum absolute atomic E-state index is 0.166. The highest BCUT2D eigenvalue weighted by Crippen LogP contribution is 2.46. The second-order valence-corrected chi connectivity index (χ2v) is 6.97. The van der Waals surface area contributed by atoms with Gasteiger partial charge in [-0.25, -0.2) is 0 Å². The molecule has 0 saturated carbocycles. The number of allylic oxidation sites excluding steroid dienone is 2. The van der Waals surface area contributed by atoms with E-state index in [4.69, 9.17) is 4.74 Å². The van der Waals surface area contributed by atoms with Gasteiger partial charge >= 0.3 is 0 Å². The summed E-state index contributed by atoms with van der Waals surface area (Å²) >= 11 is 0. The Morgan fingerprint density at radius 1 is 0.786 bits per heavy atom. The highest BCUT2D eigenvalue weighted by Gasteiger charge is 2.32. The first kappa shape index (κ1) is 16.6. The van der Waals surface area contributed by atoms with Gasteiger partial charge in [0, 0.05) is 16.9 Å². The summed E-state index contributed by atoms with van der Waals surface area (Å²) in [5, 5.41) is 0. The molecule has 2 nitrogen and oxygen atoms in total. The lowest BCUT2D eigenvalue weighted by Gasteiger charge is -2.40. The van der Waals surface area contributed by atoms with Crippen LogP contribution in [0.25, 0.3) is 5.57 Å². The zero-order valence-corrected chi connectivity index (χ0v) is 15.7. The summed E-state index contributed by atoms with van der Waals surface area (Å²) in [5.74, 6) is 0.875. The van der Waals surface area contributed by atoms with Gasteiger partial charge in [0.05, 0.1) is 13.2 Å². The van der Waals surface area contributed by atoms with Crippen LogP contribution in [-0.2, 0) is 0 Å². The molecule has 0 fully saturated rings. The number of methoxy groups -OCH3 is 1. The fourth-order valence-electron chi connectivity index (χ4n) is 4.16. The molecule has 0 bridgehead atoms. The Bertz CT molecular complexity index is 1090. The summed E-state index contributed by atoms with van der Waals surface area (Å²) in [6, 6.07) is 27.8. The summed E-state index contributed by atoms with van der Waals surface area (Å²) in [5.41, 5.74) is 7.49. The van der Waals surface area contributed by atoms with Crippen molar-refractivity contribution in [3.05, 3.63) is 120 Å². The fourth-order valence-corrected chi connectivity index (χ4v) is 4.16. The van der Waals surface area contributed by atoms with E-state index in [0.29, 0.717) is 0 Å². The Morgan fingerprint density at radius 3 is 2.32 bits per heavy atom. The van der Waals surface area contributed by atoms with E-state index in [0.717, 1.165) is 5.75 Å². The molecule has 0 radical (unpaired) electrons. The summed E-state index contributed by atoms with van der Waals surface area (Å²) in [4.78, 5) is 2.43. The number of benzene rings is 3. The predicted octanol–water partition coefficient (Wildman–Crippen LogP) is 6.14. The second kappa shape index (κ2) is 6.90. The zero-order chi connectivity index (χ0) is 18.9. The molecule has 1 unspecified atom stereocenters. The predicted molar refractivity (Wildman–Crippen MR) is 116 cm³/mol. The highest BCUT2D eigenvalue weighted by molar-refractivity contribution is 5.96. The molecular weight excluding hydrogens is 342 g/mol. The number of hydrogen-bond donors (Lipinski definition) is 0. The van der Waals surface area contributed by atoms with E-state index < -0.39 is 0 Å². The van der Waals surface area contributed by atoms with Crippen LogP contribution >= 0.6 is 0 Å². The van der Waals surface area contributed by atoms with Crippen molar-refractivity contribution in [3.8, 4) is 5.75 Å². The molecular formula is C26H21NO. The van der Waals surface area contributed by atoms with Gasteiger partial charge in [0.15, 0.2) is 0 Å². The molecule has 3 aromatic rings. The molecule has 0 N–H and O–H groups in total. The second-order valence-electron chi connectivity index (χ2n) is 6.97. The monoisotopic (exact) mass is 363 g/mol. The molecule has 2 aliphatic rings. The van der Waals surface area contributed by atoms with Crippen LogP contribution in [0.3, 0.4) is 0 Å². The first-order valence-corrected chi connectivity index (χ1v) is 9.54. The van der Waals surface area contributed by atoms with Crippen LogP contribution in [0.1, 0.15) is 11.1 Å². The van der Waals surface area contributed by atoms with Gasteiger partial charge in [-0.05, 0) is 47.0 Å². The Labute approximate surface area is 165 Å². The van der Waals surface area contributed by atoms with E-state index in [2.05, 4.69) is 95.9 Å². The normalized spacial score (nSPS) is 17.3. The maximum Gasteiger partial charge on any atom is 0.118 e. The first-order chi connectivity index (χ1) is 13.9. The quantitative estimate of drug-likeness (QED) is 0.554. The van der Waals surface area contributed by atoms with Crippen molar-refractivity contribution in [2.75, 3.05) is 12.0 Å². The lowest BCUT2D eigenvalue weighted by Crippen LogP contribution is -2.35. The molecule has 1 heterocycles. The Kier molecular flexibility index (Phi) is 4.10. The van der Waals surface area contributed by atoms with E-state index >= 15 is 0 Å². The summed E-state index contributed by atoms with van der Waals surface area (Å²) in [6.45, 7) is 0. The van der Waals surface area contributed by atoms with Gasteiger partial charge in [0.2, 0.25) is 0 Å². The molecule has 0 saturated heterocycles. The van der Waals surface area contributed by atoms with Gasteiger partial charge < -0.3 is 9.64 Å². The topological polar surface area (TPSA) is 12.5 Å². The van der Waals surface area contributed by atoms with Gasteiger partial charge in [-0.15, -0.1) is 0 Å². The van der Waals surface area contributed by atoms with Gasteiger partial charge in [0.1, 0.15) is 5.75 Å². The van der Waals surface area contributed by atoms with Crippen molar-refractivity contribution < 1.29 is 4.74 Å². The minimum Gasteiger partial charge on any atom is -0.497 e. The number of rotatable bonds is 3. The number of hydrogen-bond acceptors (Lipinski definition) is 2. The standard InChI is InChI=1S/C26H21NO/c1-28-21-17-15-19(16-18-21)26-22-11-5-7-13-24(22)27(20-9-3-2-4-10-20)25-14-8-6-12-23(25)26/h2-18,24H,1H3. The Balaban J connectivity index is 1.76. The van der Waals surface area contributed by atoms with Crippen molar-refractivity contribution in [1.82, 2.24) is 0 Å². The van der Waals surface area contributed by atoms with Crippen molar-refractivity contribution >= 4 is 16.9 Å². The van der Waals surface area contributed by atoms with E-state index in [9.17, 15) is 0 Å². The molecule has 1 aliphatic carbocycles. The maximum absolute atomic E-state index is 5.36. The van der Waals surface area contributed by atoms with Crippen LogP contribution in [0.5, 0.6) is 5.75 Å². The van der Waals surface area contributed by atoms with Gasteiger partial charge in [-0.1, -0.05) is 72.8 Å². The van der Waals surface area contributed by atoms with E-state index in [1.54, 1.807) is 7.11 Å². The molecule has 2 heteroatoms. The van der Waals surface area contributed by atoms with Crippen LogP contribution in [0.15, 0.2) is 109 Å². The number of ether oxygens (including phenoxy) is 1. The average Bonchev–Trinajstić information content (AvgIpc) is 2.78. The molecule has 0 spiro atoms. The molecule has 5 rings (SSSR count). The molecule has 1 atom stereocenters. The van der Waals surface area contributed by atoms with E-state index in [-0.39, 0.29) is 6.04 Å². The maximum atomic E-state index is 5.36. The van der Waals surface area contributed by atoms with Crippen LogP contribution in [0.4, 0.5) is 11.4 Å². The smallest absolute Gasteiger partial charge is 0.118 e. The number of para-hydroxylation sites is 2. The van der Waals surface area contributed by atoms with E-state index in [1.165, 1.54) is 33.6 Å². The van der Waals surface area contributed by atoms with Crippen LogP contribution in [0, 0.1) is 0 Å². The van der Waals surface area contributed by atoms with Crippen LogP contribution in [0.2, 0.25) is 0 Å². The van der Waals surface area contributed by atoms with Crippen molar-refractivity contribution in [2.45, 2.75) is 6.04 Å². The summed E-state index contributed by atoms with van der Waals surface area (Å²) in [7, 11) is 1.70. The Hall–Kier alpha value is -3.52. The van der Waals surface area contributed by atoms with Crippen molar-refractivity contribution in [2.24, 2.45) is 0 Å². The van der Waals surface area contributed by atoms with Gasteiger partial charge in [-0.2, -0.15) is 0 Å². The Morgan fingerprint density at radius 2 is 1.54 bits per heavy atom. The van der Waals surface area contributed by atoms with Crippen LogP contribution < -0.4 is 9.64 Å². The molecule has 3 aromatic carbocycles. The number of anilines is 2. The van der Waals surface area contributed by atoms with Crippen molar-refractivity contribution in [1.29, 1.82) is 0 Å². The molecule has 136 valence electrons. The first-order valence-electron chi connectivity index (χ1n) is 9.54. The number of nitrogens with zero attached hydrogens (tertiary/aromatic N) is 1. The number of fused-ring (bicyclic) bond motifs is 2. The molecule has 1 aliphatic heterocycles. The van der Waals surface area contributed by atoms with Crippen LogP contribution in [-0.4, -0.2) is 13.2 Å². The third-order valence-corrected chi connectivity index (χ3v) is 5.41. The van der Waals surface area contributed by atoms with Crippen molar-refractivity contribution in [3.63, 3.8) is 0 Å². The van der Waals surface area contributed by atoms with E-state index in [1.807, 2.05) is 12.1 Å². The molecule has 0 aromatic heterocycles. The molecule has 28 heavy (non-hydrogen) atoms. The largest absolute Gasteiger partial charge is 0.497 e. The lowest BCUT2D eigenvalue weighted by molar-refractivity contribution is 0.415. The molecule has 0 amide bonds. The SMILES string of the molecule is COc1ccc(C2=C3C=CC=CC3N(c3ccccc3)c3ccccc32)cc1. The third kappa shape index (κ3) is 2.66. The highest BCUT2D eigenvalue weighted by atomic mass is 16.5. The third-order valence-electron chi connectivity index (χ3n) is 5.41. The zero-order valence-electron chi connectivity index (χ0n) is 15.7. The fraction of sp³-hybridized carbons (Fsp3) is 0.0769. The van der Waals surface area contributed by atoms with Gasteiger partial charge in [0.25, 0.3) is 0 Å². The van der Waals surface area contributed by atoms with Gasteiger partial charge in [-0.3, -0.25) is 0 Å².